The molecule has 4 rings (SSSR count). The summed E-state index contributed by atoms with van der Waals surface area (Å²) in [6, 6.07) is 13.4. The second-order valence-corrected chi connectivity index (χ2v) is 11.3. The van der Waals surface area contributed by atoms with E-state index in [1.54, 1.807) is 36.4 Å². The SMILES string of the molecule is O=S1(=O)Nc2ccc(C(F)(F)F)c(n2)-c2ccccc2CCCCCCCN(CCCCO)c2cccc1n2. The van der Waals surface area contributed by atoms with E-state index in [1.165, 1.54) is 6.07 Å². The van der Waals surface area contributed by atoms with E-state index in [2.05, 4.69) is 14.7 Å². The molecule has 1 aliphatic heterocycles. The molecule has 3 aromatic rings. The minimum absolute atomic E-state index is 0.0743. The molecule has 2 aromatic heterocycles. The zero-order valence-electron chi connectivity index (χ0n) is 21.6. The Morgan fingerprint density at radius 1 is 0.897 bits per heavy atom. The number of hydrogen-bond acceptors (Lipinski definition) is 6. The molecule has 0 unspecified atom stereocenters. The van der Waals surface area contributed by atoms with Crippen LogP contribution in [-0.4, -0.2) is 43.2 Å². The molecule has 0 amide bonds. The van der Waals surface area contributed by atoms with Gasteiger partial charge >= 0.3 is 6.18 Å². The van der Waals surface area contributed by atoms with Gasteiger partial charge in [0.15, 0.2) is 5.03 Å². The second-order valence-electron chi connectivity index (χ2n) is 9.62. The summed E-state index contributed by atoms with van der Waals surface area (Å²) < 4.78 is 70.8. The van der Waals surface area contributed by atoms with Gasteiger partial charge in [0, 0.05) is 25.3 Å². The molecule has 11 heteroatoms. The van der Waals surface area contributed by atoms with Crippen LogP contribution in [-0.2, 0) is 22.6 Å². The van der Waals surface area contributed by atoms with Gasteiger partial charge in [-0.15, -0.1) is 0 Å². The summed E-state index contributed by atoms with van der Waals surface area (Å²) in [5.41, 5.74) is -0.159. The molecule has 2 N–H and O–H groups in total. The number of benzene rings is 1. The Kier molecular flexibility index (Phi) is 9.45. The van der Waals surface area contributed by atoms with Crippen LogP contribution >= 0.6 is 0 Å². The third-order valence-corrected chi connectivity index (χ3v) is 7.99. The van der Waals surface area contributed by atoms with Gasteiger partial charge in [0.1, 0.15) is 11.6 Å². The highest BCUT2D eigenvalue weighted by atomic mass is 32.2. The fourth-order valence-corrected chi connectivity index (χ4v) is 5.71. The van der Waals surface area contributed by atoms with E-state index < -0.39 is 21.8 Å². The summed E-state index contributed by atoms with van der Waals surface area (Å²) in [6.45, 7) is 1.39. The van der Waals surface area contributed by atoms with Crippen molar-refractivity contribution < 1.29 is 26.7 Å². The molecule has 39 heavy (non-hydrogen) atoms. The molecule has 0 saturated carbocycles. The van der Waals surface area contributed by atoms with Crippen LogP contribution in [0.1, 0.15) is 56.1 Å². The van der Waals surface area contributed by atoms with Crippen LogP contribution < -0.4 is 9.62 Å². The minimum Gasteiger partial charge on any atom is -0.396 e. The van der Waals surface area contributed by atoms with Crippen LogP contribution in [0.2, 0.25) is 0 Å². The number of aromatic nitrogens is 2. The number of nitrogens with one attached hydrogen (secondary N) is 1. The van der Waals surface area contributed by atoms with Crippen molar-refractivity contribution in [2.75, 3.05) is 29.3 Å². The average molecular weight is 563 g/mol. The number of nitrogens with zero attached hydrogens (tertiary/aromatic N) is 3. The quantitative estimate of drug-likeness (QED) is 0.376. The van der Waals surface area contributed by atoms with E-state index in [0.717, 1.165) is 56.2 Å². The van der Waals surface area contributed by atoms with Crippen LogP contribution in [0.5, 0.6) is 0 Å². The predicted octanol–water partition coefficient (Wildman–Crippen LogP) is 6.05. The Bertz CT molecular complexity index is 1370. The molecule has 210 valence electrons. The summed E-state index contributed by atoms with van der Waals surface area (Å²) in [6.07, 6.45) is 1.84. The number of halogens is 3. The van der Waals surface area contributed by atoms with E-state index in [9.17, 15) is 26.7 Å². The predicted molar refractivity (Wildman–Crippen MR) is 145 cm³/mol. The van der Waals surface area contributed by atoms with Gasteiger partial charge in [-0.3, -0.25) is 4.72 Å². The van der Waals surface area contributed by atoms with Crippen molar-refractivity contribution in [1.82, 2.24) is 9.97 Å². The van der Waals surface area contributed by atoms with Crippen LogP contribution in [0.15, 0.2) is 59.6 Å². The average Bonchev–Trinajstić information content (AvgIpc) is 2.90. The number of pyridine rings is 2. The number of alkyl halides is 3. The van der Waals surface area contributed by atoms with Gasteiger partial charge in [0.2, 0.25) is 0 Å². The maximum atomic E-state index is 14.0. The standard InChI is InChI=1S/C28H33F3N4O3S/c29-28(30,31)23-16-17-24-32-27(23)22-13-6-5-12-21(22)11-4-2-1-3-7-18-35(19-8-9-20-36)25-14-10-15-26(33-25)39(37,38)34-24/h5-6,10,12-17,36H,1-4,7-9,11,18-20H2,(H,32,34). The van der Waals surface area contributed by atoms with Crippen molar-refractivity contribution >= 4 is 21.7 Å². The number of anilines is 2. The van der Waals surface area contributed by atoms with E-state index in [-0.39, 0.29) is 23.1 Å². The molecule has 7 nitrogen and oxygen atoms in total. The monoisotopic (exact) mass is 562 g/mol. The Morgan fingerprint density at radius 3 is 2.46 bits per heavy atom. The number of hydrogen-bond donors (Lipinski definition) is 2. The topological polar surface area (TPSA) is 95.4 Å². The van der Waals surface area contributed by atoms with Gasteiger partial charge in [0.25, 0.3) is 10.0 Å². The molecular weight excluding hydrogens is 529 g/mol. The third kappa shape index (κ3) is 7.48. The first kappa shape index (κ1) is 28.8. The van der Waals surface area contributed by atoms with E-state index in [0.29, 0.717) is 37.3 Å². The van der Waals surface area contributed by atoms with E-state index in [4.69, 9.17) is 0 Å². The Balaban J connectivity index is 1.77. The third-order valence-electron chi connectivity index (χ3n) is 6.73. The first-order valence-corrected chi connectivity index (χ1v) is 14.7. The van der Waals surface area contributed by atoms with Crippen molar-refractivity contribution in [3.8, 4) is 11.3 Å². The van der Waals surface area contributed by atoms with E-state index in [1.807, 2.05) is 4.90 Å². The summed E-state index contributed by atoms with van der Waals surface area (Å²) >= 11 is 0. The smallest absolute Gasteiger partial charge is 0.396 e. The highest BCUT2D eigenvalue weighted by molar-refractivity contribution is 7.92. The molecule has 0 fully saturated rings. The van der Waals surface area contributed by atoms with Gasteiger partial charge in [0.05, 0.1) is 11.3 Å². The normalized spacial score (nSPS) is 16.5. The van der Waals surface area contributed by atoms with Gasteiger partial charge in [-0.05, 0) is 61.9 Å². The summed E-state index contributed by atoms with van der Waals surface area (Å²) in [5.74, 6) is 0.271. The van der Waals surface area contributed by atoms with Crippen molar-refractivity contribution in [3.05, 3.63) is 65.7 Å². The molecule has 0 atom stereocenters. The van der Waals surface area contributed by atoms with Crippen molar-refractivity contribution in [2.45, 2.75) is 62.6 Å². The Labute approximate surface area is 227 Å². The fraction of sp³-hybridized carbons (Fsp3) is 0.429. The molecule has 0 aliphatic carbocycles. The maximum Gasteiger partial charge on any atom is 0.418 e. The zero-order chi connectivity index (χ0) is 27.9. The Morgan fingerprint density at radius 2 is 1.67 bits per heavy atom. The first-order chi connectivity index (χ1) is 18.7. The number of aliphatic hydroxyl groups is 1. The molecule has 0 saturated heterocycles. The van der Waals surface area contributed by atoms with Gasteiger partial charge in [-0.25, -0.2) is 9.97 Å². The molecule has 1 aliphatic rings. The zero-order valence-corrected chi connectivity index (χ0v) is 22.4. The number of fused-ring (bicyclic) bond motifs is 6. The van der Waals surface area contributed by atoms with Gasteiger partial charge in [-0.1, -0.05) is 49.6 Å². The maximum absolute atomic E-state index is 14.0. The lowest BCUT2D eigenvalue weighted by Gasteiger charge is -2.24. The van der Waals surface area contributed by atoms with Gasteiger partial charge in [-0.2, -0.15) is 21.6 Å². The number of aliphatic hydroxyl groups excluding tert-OH is 1. The van der Waals surface area contributed by atoms with Gasteiger partial charge < -0.3 is 10.0 Å². The minimum atomic E-state index is -4.67. The van der Waals surface area contributed by atoms with Crippen LogP contribution in [0.25, 0.3) is 11.3 Å². The molecule has 1 aromatic carbocycles. The first-order valence-electron chi connectivity index (χ1n) is 13.2. The summed E-state index contributed by atoms with van der Waals surface area (Å²) in [4.78, 5) is 10.6. The summed E-state index contributed by atoms with van der Waals surface area (Å²) in [5, 5.41) is 8.94. The van der Waals surface area contributed by atoms with Crippen LogP contribution in [0, 0.1) is 0 Å². The lowest BCUT2D eigenvalue weighted by Crippen LogP contribution is -2.27. The molecule has 0 radical (unpaired) electrons. The molecular formula is C28H33F3N4O3S. The number of sulfonamides is 1. The highest BCUT2D eigenvalue weighted by Crippen LogP contribution is 2.38. The lowest BCUT2D eigenvalue weighted by molar-refractivity contribution is -0.137. The Hall–Kier alpha value is -3.18. The molecule has 4 bridgehead atoms. The second kappa shape index (κ2) is 12.8. The van der Waals surface area contributed by atoms with Crippen LogP contribution in [0.4, 0.5) is 24.8 Å². The van der Waals surface area contributed by atoms with Crippen LogP contribution in [0.3, 0.4) is 0 Å². The largest absolute Gasteiger partial charge is 0.418 e. The molecule has 0 spiro atoms. The number of aryl methyl sites for hydroxylation is 1. The van der Waals surface area contributed by atoms with E-state index >= 15 is 0 Å². The fourth-order valence-electron chi connectivity index (χ4n) is 4.74. The lowest BCUT2D eigenvalue weighted by atomic mass is 9.96. The summed E-state index contributed by atoms with van der Waals surface area (Å²) in [7, 11) is -4.24. The van der Waals surface area contributed by atoms with Crippen molar-refractivity contribution in [3.63, 3.8) is 0 Å². The highest BCUT2D eigenvalue weighted by Gasteiger charge is 2.35. The van der Waals surface area contributed by atoms with Crippen molar-refractivity contribution in [1.29, 1.82) is 0 Å². The van der Waals surface area contributed by atoms with Crippen molar-refractivity contribution in [2.24, 2.45) is 0 Å². The molecule has 3 heterocycles. The number of rotatable bonds is 4. The number of unbranched alkanes of at least 4 members (excludes halogenated alkanes) is 1.